The third-order valence-corrected chi connectivity index (χ3v) is 4.97. The molecule has 0 bridgehead atoms. The number of alkyl halides is 3. The second-order valence-electron chi connectivity index (χ2n) is 5.22. The van der Waals surface area contributed by atoms with E-state index in [1.54, 1.807) is 0 Å². The van der Waals surface area contributed by atoms with Gasteiger partial charge in [-0.2, -0.15) is 0 Å². The van der Waals surface area contributed by atoms with E-state index in [9.17, 15) is 21.6 Å². The first-order valence-corrected chi connectivity index (χ1v) is 8.24. The minimum atomic E-state index is -4.86. The van der Waals surface area contributed by atoms with Gasteiger partial charge in [-0.3, -0.25) is 0 Å². The molecule has 0 saturated carbocycles. The number of hydrogen-bond donors (Lipinski definition) is 2. The van der Waals surface area contributed by atoms with Crippen molar-refractivity contribution in [2.45, 2.75) is 30.6 Å². The Morgan fingerprint density at radius 3 is 2.65 bits per heavy atom. The molecule has 0 aromatic heterocycles. The summed E-state index contributed by atoms with van der Waals surface area (Å²) in [4.78, 5) is -0.257. The molecule has 1 aliphatic heterocycles. The predicted molar refractivity (Wildman–Crippen MR) is 81.1 cm³/mol. The fourth-order valence-corrected chi connectivity index (χ4v) is 3.63. The number of halogens is 4. The average Bonchev–Trinajstić information content (AvgIpc) is 2.40. The van der Waals surface area contributed by atoms with Crippen LogP contribution in [0, 0.1) is 5.92 Å². The minimum absolute atomic E-state index is 0. The SMILES string of the molecule is CC1CCNCC1NS(=O)(=O)c1cccc(OC(F)(F)F)c1.Cl. The van der Waals surface area contributed by atoms with Crippen molar-refractivity contribution in [2.75, 3.05) is 13.1 Å². The lowest BCUT2D eigenvalue weighted by atomic mass is 9.96. The Morgan fingerprint density at radius 1 is 1.35 bits per heavy atom. The minimum Gasteiger partial charge on any atom is -0.406 e. The summed E-state index contributed by atoms with van der Waals surface area (Å²) in [6, 6.07) is 4.05. The summed E-state index contributed by atoms with van der Waals surface area (Å²) in [6.07, 6.45) is -4.04. The van der Waals surface area contributed by atoms with Crippen LogP contribution in [-0.4, -0.2) is 33.9 Å². The number of benzene rings is 1. The van der Waals surface area contributed by atoms with E-state index in [1.165, 1.54) is 12.1 Å². The van der Waals surface area contributed by atoms with Gasteiger partial charge in [-0.25, -0.2) is 13.1 Å². The van der Waals surface area contributed by atoms with Crippen LogP contribution >= 0.6 is 12.4 Å². The van der Waals surface area contributed by atoms with E-state index in [-0.39, 0.29) is 29.3 Å². The molecule has 1 aromatic carbocycles. The van der Waals surface area contributed by atoms with Crippen LogP contribution in [0.3, 0.4) is 0 Å². The van der Waals surface area contributed by atoms with Crippen molar-refractivity contribution in [3.05, 3.63) is 24.3 Å². The second-order valence-corrected chi connectivity index (χ2v) is 6.93. The van der Waals surface area contributed by atoms with Crippen molar-refractivity contribution in [3.63, 3.8) is 0 Å². The van der Waals surface area contributed by atoms with Gasteiger partial charge in [-0.05, 0) is 31.0 Å². The summed E-state index contributed by atoms with van der Waals surface area (Å²) < 4.78 is 67.4. The van der Waals surface area contributed by atoms with Crippen LogP contribution in [0.1, 0.15) is 13.3 Å². The molecule has 1 heterocycles. The van der Waals surface area contributed by atoms with E-state index >= 15 is 0 Å². The average molecular weight is 375 g/mol. The molecule has 10 heteroatoms. The molecule has 2 unspecified atom stereocenters. The first kappa shape index (κ1) is 20.0. The molecular weight excluding hydrogens is 357 g/mol. The van der Waals surface area contributed by atoms with E-state index in [4.69, 9.17) is 0 Å². The Labute approximate surface area is 139 Å². The highest BCUT2D eigenvalue weighted by Gasteiger charge is 2.32. The Kier molecular flexibility index (Phi) is 6.70. The summed E-state index contributed by atoms with van der Waals surface area (Å²) in [5.41, 5.74) is 0. The van der Waals surface area contributed by atoms with Crippen molar-refractivity contribution in [3.8, 4) is 5.75 Å². The zero-order valence-corrected chi connectivity index (χ0v) is 13.9. The molecule has 1 saturated heterocycles. The molecule has 0 amide bonds. The van der Waals surface area contributed by atoms with Crippen LogP contribution in [0.4, 0.5) is 13.2 Å². The van der Waals surface area contributed by atoms with Crippen LogP contribution in [0.25, 0.3) is 0 Å². The van der Waals surface area contributed by atoms with Crippen LogP contribution in [0.5, 0.6) is 5.75 Å². The van der Waals surface area contributed by atoms with E-state index in [1.807, 2.05) is 6.92 Å². The maximum absolute atomic E-state index is 12.3. The second kappa shape index (κ2) is 7.69. The van der Waals surface area contributed by atoms with Gasteiger partial charge < -0.3 is 10.1 Å². The fraction of sp³-hybridized carbons (Fsp3) is 0.538. The summed E-state index contributed by atoms with van der Waals surface area (Å²) in [7, 11) is -3.91. The van der Waals surface area contributed by atoms with Crippen molar-refractivity contribution in [2.24, 2.45) is 5.92 Å². The Bertz CT molecular complexity index is 625. The molecule has 0 aliphatic carbocycles. The molecule has 1 fully saturated rings. The topological polar surface area (TPSA) is 67.4 Å². The Morgan fingerprint density at radius 2 is 2.04 bits per heavy atom. The molecule has 2 atom stereocenters. The van der Waals surface area contributed by atoms with Crippen LogP contribution in [-0.2, 0) is 10.0 Å². The molecule has 1 aromatic rings. The largest absolute Gasteiger partial charge is 0.573 e. The van der Waals surface area contributed by atoms with Crippen LogP contribution in [0.15, 0.2) is 29.2 Å². The van der Waals surface area contributed by atoms with E-state index in [2.05, 4.69) is 14.8 Å². The lowest BCUT2D eigenvalue weighted by molar-refractivity contribution is -0.274. The molecule has 2 N–H and O–H groups in total. The van der Waals surface area contributed by atoms with Crippen molar-refractivity contribution in [1.29, 1.82) is 0 Å². The molecule has 0 spiro atoms. The maximum Gasteiger partial charge on any atom is 0.573 e. The molecule has 1 aliphatic rings. The van der Waals surface area contributed by atoms with Crippen molar-refractivity contribution < 1.29 is 26.3 Å². The van der Waals surface area contributed by atoms with E-state index in [0.717, 1.165) is 25.1 Å². The summed E-state index contributed by atoms with van der Waals surface area (Å²) in [5.74, 6) is -0.421. The van der Waals surface area contributed by atoms with Crippen LogP contribution in [0.2, 0.25) is 0 Å². The zero-order valence-electron chi connectivity index (χ0n) is 12.3. The van der Waals surface area contributed by atoms with E-state index < -0.39 is 22.1 Å². The van der Waals surface area contributed by atoms with Gasteiger partial charge in [0.2, 0.25) is 10.0 Å². The molecule has 5 nitrogen and oxygen atoms in total. The highest BCUT2D eigenvalue weighted by Crippen LogP contribution is 2.25. The normalized spacial score (nSPS) is 22.3. The van der Waals surface area contributed by atoms with Gasteiger partial charge in [-0.1, -0.05) is 13.0 Å². The first-order chi connectivity index (χ1) is 10.2. The van der Waals surface area contributed by atoms with Crippen molar-refractivity contribution in [1.82, 2.24) is 10.0 Å². The summed E-state index contributed by atoms with van der Waals surface area (Å²) >= 11 is 0. The fourth-order valence-electron chi connectivity index (χ4n) is 2.25. The number of sulfonamides is 1. The van der Waals surface area contributed by atoms with Gasteiger partial charge in [0.1, 0.15) is 5.75 Å². The summed E-state index contributed by atoms with van der Waals surface area (Å²) in [5, 5.41) is 3.08. The lowest BCUT2D eigenvalue weighted by Crippen LogP contribution is -2.50. The smallest absolute Gasteiger partial charge is 0.406 e. The highest BCUT2D eigenvalue weighted by atomic mass is 35.5. The first-order valence-electron chi connectivity index (χ1n) is 6.76. The monoisotopic (exact) mass is 374 g/mol. The molecular formula is C13H18ClF3N2O3S. The van der Waals surface area contributed by atoms with Gasteiger partial charge in [0.25, 0.3) is 0 Å². The maximum atomic E-state index is 12.3. The third-order valence-electron chi connectivity index (χ3n) is 3.48. The molecule has 132 valence electrons. The third kappa shape index (κ3) is 5.83. The number of nitrogens with one attached hydrogen (secondary N) is 2. The number of hydrogen-bond acceptors (Lipinski definition) is 4. The van der Waals surface area contributed by atoms with Gasteiger partial charge in [0.15, 0.2) is 0 Å². The van der Waals surface area contributed by atoms with Crippen LogP contribution < -0.4 is 14.8 Å². The van der Waals surface area contributed by atoms with Crippen molar-refractivity contribution >= 4 is 22.4 Å². The standard InChI is InChI=1S/C13H17F3N2O3S.ClH/c1-9-5-6-17-8-12(9)18-22(19,20)11-4-2-3-10(7-11)21-13(14,15)16;/h2-4,7,9,12,17-18H,5-6,8H2,1H3;1H. The zero-order chi connectivity index (χ0) is 16.4. The highest BCUT2D eigenvalue weighted by molar-refractivity contribution is 7.89. The van der Waals surface area contributed by atoms with Gasteiger partial charge in [-0.15, -0.1) is 25.6 Å². The molecule has 23 heavy (non-hydrogen) atoms. The van der Waals surface area contributed by atoms with E-state index in [0.29, 0.717) is 6.54 Å². The van der Waals surface area contributed by atoms with Gasteiger partial charge in [0.05, 0.1) is 4.90 Å². The quantitative estimate of drug-likeness (QED) is 0.848. The Hall–Kier alpha value is -1.03. The van der Waals surface area contributed by atoms with Gasteiger partial charge in [0, 0.05) is 18.7 Å². The predicted octanol–water partition coefficient (Wildman–Crippen LogP) is 2.28. The number of piperidine rings is 1. The lowest BCUT2D eigenvalue weighted by Gasteiger charge is -2.30. The Balaban J connectivity index is 0.00000264. The van der Waals surface area contributed by atoms with Gasteiger partial charge >= 0.3 is 6.36 Å². The molecule has 2 rings (SSSR count). The molecule has 0 radical (unpaired) electrons. The number of rotatable bonds is 4. The number of ether oxygens (including phenoxy) is 1. The summed E-state index contributed by atoms with van der Waals surface area (Å²) in [6.45, 7) is 3.23.